The van der Waals surface area contributed by atoms with E-state index in [2.05, 4.69) is 25.3 Å². The summed E-state index contributed by atoms with van der Waals surface area (Å²) in [7, 11) is 4.86. The Morgan fingerprint density at radius 3 is 1.49 bits per heavy atom. The standard InChI is InChI=1S/C19H20N2O4S.C17H17N3O4S.C15H14N2O2S.C5H6N2S.2ClH/c1-3-25-18(22)12-21-15-11-20-9-8-16(15)26-17(19(21)23)10-13-4-6-14(24-2)7-5-13;1-24-12-4-2-11(3-5-12)8-15-17(22)20(10-16(21)19-23)13-9-18-7-6-14(13)25-15;1-19-11-4-2-10(3-5-11)8-14-15(18)17-12-9-16-7-6-13(12)20-14;6-4-3-7-2-1-5(4)8;;/h4-9,11,17H,3,10,12H2,1-2H3;2-7,9,15,23H,8,10H2,1H3,(H,19,21);2-7,9,14H,8H2,1H3,(H,17,18);1-3H,6H2,(H,7,8);2*1H. The maximum atomic E-state index is 13.0. The molecule has 0 fully saturated rings. The second-order valence-electron chi connectivity index (χ2n) is 17.2. The van der Waals surface area contributed by atoms with Crippen LogP contribution in [-0.4, -0.2) is 112 Å². The van der Waals surface area contributed by atoms with Gasteiger partial charge in [-0.15, -0.1) is 60.1 Å². The highest BCUT2D eigenvalue weighted by molar-refractivity contribution is 8.01. The van der Waals surface area contributed by atoms with Gasteiger partial charge in [0.25, 0.3) is 5.91 Å². The lowest BCUT2D eigenvalue weighted by atomic mass is 10.1. The molecular weight excluding hydrogens is 1160 g/mol. The van der Waals surface area contributed by atoms with E-state index in [1.165, 1.54) is 33.3 Å². The minimum atomic E-state index is -0.654. The number of methoxy groups -OCH3 is 3. The van der Waals surface area contributed by atoms with Gasteiger partial charge in [-0.25, -0.2) is 5.48 Å². The van der Waals surface area contributed by atoms with Gasteiger partial charge in [0, 0.05) is 45.7 Å². The number of rotatable bonds is 14. The molecule has 3 aliphatic rings. The van der Waals surface area contributed by atoms with E-state index in [4.69, 9.17) is 42.1 Å². The average Bonchev–Trinajstić information content (AvgIpc) is 3.47. The van der Waals surface area contributed by atoms with Gasteiger partial charge in [0.05, 0.1) is 89.5 Å². The van der Waals surface area contributed by atoms with Crippen LogP contribution in [0, 0.1) is 4.51 Å². The van der Waals surface area contributed by atoms with Crippen LogP contribution in [0.5, 0.6) is 17.2 Å². The third-order valence-electron chi connectivity index (χ3n) is 11.9. The zero-order chi connectivity index (χ0) is 56.3. The third-order valence-corrected chi connectivity index (χ3v) is 16.1. The number of aromatic amines is 1. The number of nitrogens with two attached hydrogens (primary N) is 1. The van der Waals surface area contributed by atoms with Crippen LogP contribution < -0.4 is 40.5 Å². The number of nitrogen functional groups attached to an aromatic ring is 1. The normalized spacial score (nSPS) is 15.4. The fourth-order valence-electron chi connectivity index (χ4n) is 7.93. The molecule has 0 spiro atoms. The molecule has 0 radical (unpaired) electrons. The molecule has 3 aromatic carbocycles. The van der Waals surface area contributed by atoms with Crippen molar-refractivity contribution in [1.82, 2.24) is 25.4 Å². The molecule has 10 rings (SSSR count). The number of hydrogen-bond acceptors (Lipinski definition) is 18. The third kappa shape index (κ3) is 18.1. The van der Waals surface area contributed by atoms with Crippen LogP contribution in [0.25, 0.3) is 0 Å². The molecule has 0 saturated heterocycles. The molecule has 25 heteroatoms. The van der Waals surface area contributed by atoms with Gasteiger partial charge in [-0.3, -0.25) is 53.9 Å². The fourth-order valence-corrected chi connectivity index (χ4v) is 11.6. The summed E-state index contributed by atoms with van der Waals surface area (Å²) in [5, 5.41) is 10.9. The number of esters is 1. The Morgan fingerprint density at radius 2 is 1.07 bits per heavy atom. The number of carbonyl (C=O) groups is 5. The van der Waals surface area contributed by atoms with Crippen molar-refractivity contribution in [1.29, 1.82) is 0 Å². The predicted molar refractivity (Wildman–Crippen MR) is 322 cm³/mol. The second-order valence-corrected chi connectivity index (χ2v) is 21.4. The van der Waals surface area contributed by atoms with Crippen LogP contribution in [-0.2, 0) is 48.0 Å². The summed E-state index contributed by atoms with van der Waals surface area (Å²) in [4.78, 5) is 82.1. The number of anilines is 4. The Kier molecular flexibility index (Phi) is 25.6. The lowest BCUT2D eigenvalue weighted by Gasteiger charge is -2.32. The maximum Gasteiger partial charge on any atom is 0.326 e. The van der Waals surface area contributed by atoms with Crippen LogP contribution in [0.2, 0.25) is 0 Å². The number of carbonyl (C=O) groups excluding carboxylic acids is 5. The lowest BCUT2D eigenvalue weighted by molar-refractivity contribution is -0.142. The van der Waals surface area contributed by atoms with Gasteiger partial charge in [-0.05, 0) is 104 Å². The Labute approximate surface area is 498 Å². The summed E-state index contributed by atoms with van der Waals surface area (Å²) in [6.07, 6.45) is 15.1. The van der Waals surface area contributed by atoms with Crippen molar-refractivity contribution in [3.05, 3.63) is 168 Å². The molecule has 0 bridgehead atoms. The van der Waals surface area contributed by atoms with Crippen molar-refractivity contribution < 1.29 is 48.1 Å². The van der Waals surface area contributed by atoms with Gasteiger partial charge in [-0.2, -0.15) is 0 Å². The first-order chi connectivity index (χ1) is 38.3. The maximum absolute atomic E-state index is 13.0. The molecule has 426 valence electrons. The summed E-state index contributed by atoms with van der Waals surface area (Å²) < 4.78 is 21.2. The monoisotopic (exact) mass is 1220 g/mol. The number of pyridine rings is 4. The quantitative estimate of drug-likeness (QED) is 0.0294. The number of nitrogens with one attached hydrogen (secondary N) is 3. The number of fused-ring (bicyclic) bond motifs is 3. The van der Waals surface area contributed by atoms with Crippen molar-refractivity contribution in [3.63, 3.8) is 0 Å². The highest BCUT2D eigenvalue weighted by atomic mass is 35.5. The first-order valence-electron chi connectivity index (χ1n) is 24.5. The first kappa shape index (κ1) is 64.4. The molecule has 0 saturated carbocycles. The van der Waals surface area contributed by atoms with Crippen molar-refractivity contribution in [2.24, 2.45) is 0 Å². The summed E-state index contributed by atoms with van der Waals surface area (Å²) in [6.45, 7) is 1.66. The zero-order valence-electron chi connectivity index (χ0n) is 44.2. The molecule has 3 unspecified atom stereocenters. The molecule has 7 heterocycles. The van der Waals surface area contributed by atoms with E-state index in [-0.39, 0.29) is 78.0 Å². The molecule has 4 amide bonds. The number of halogens is 2. The Morgan fingerprint density at radius 1 is 0.642 bits per heavy atom. The number of nitrogens with zero attached hydrogens (tertiary/aromatic N) is 5. The molecule has 0 aliphatic carbocycles. The number of amides is 4. The summed E-state index contributed by atoms with van der Waals surface area (Å²) in [6, 6.07) is 30.4. The molecule has 3 atom stereocenters. The van der Waals surface area contributed by atoms with Gasteiger partial charge in [-0.1, -0.05) is 48.6 Å². The number of benzene rings is 3. The summed E-state index contributed by atoms with van der Waals surface area (Å²) >= 11 is 9.35. The average molecular weight is 1220 g/mol. The molecule has 4 aromatic heterocycles. The number of ether oxygens (including phenoxy) is 4. The molecule has 7 aromatic rings. The van der Waals surface area contributed by atoms with Crippen molar-refractivity contribution >= 4 is 125 Å². The highest BCUT2D eigenvalue weighted by Crippen LogP contribution is 2.41. The predicted octanol–water partition coefficient (Wildman–Crippen LogP) is 9.26. The fraction of sp³-hybridized carbons (Fsp3) is 0.232. The van der Waals surface area contributed by atoms with Crippen LogP contribution in [0.15, 0.2) is 161 Å². The molecule has 19 nitrogen and oxygen atoms in total. The number of hydrogen-bond donors (Lipinski definition) is 5. The summed E-state index contributed by atoms with van der Waals surface area (Å²) in [5.41, 5.74) is 12.8. The number of aromatic nitrogens is 4. The van der Waals surface area contributed by atoms with Crippen LogP contribution in [0.4, 0.5) is 22.7 Å². The van der Waals surface area contributed by atoms with E-state index in [0.29, 0.717) is 40.8 Å². The first-order valence-corrected chi connectivity index (χ1v) is 27.5. The van der Waals surface area contributed by atoms with Crippen molar-refractivity contribution in [2.75, 3.05) is 61.9 Å². The van der Waals surface area contributed by atoms with E-state index < -0.39 is 11.9 Å². The SMILES string of the molecule is CCOC(=O)CN1C(=O)C(Cc2ccc(OC)cc2)Sc2ccncc21.COc1ccc(CC2Sc3ccncc3N(CC(=O)NO)C2=O)cc1.COc1ccc(CC2Sc3ccncc3NC2=O)cc1.Cl.Cl.Nc1c[nH]ccc1=S. The molecule has 81 heavy (non-hydrogen) atoms. The van der Waals surface area contributed by atoms with Crippen LogP contribution in [0.1, 0.15) is 23.6 Å². The molecular formula is C56H59Cl2N9O10S4. The minimum absolute atomic E-state index is 0. The van der Waals surface area contributed by atoms with E-state index >= 15 is 0 Å². The number of H-pyrrole nitrogens is 1. The Balaban J connectivity index is 0.000000207. The van der Waals surface area contributed by atoms with Gasteiger partial charge in [0.1, 0.15) is 30.3 Å². The molecule has 6 N–H and O–H groups in total. The lowest BCUT2D eigenvalue weighted by Crippen LogP contribution is -2.46. The smallest absolute Gasteiger partial charge is 0.326 e. The highest BCUT2D eigenvalue weighted by Gasteiger charge is 2.36. The van der Waals surface area contributed by atoms with Gasteiger partial charge < -0.3 is 35.0 Å². The number of thioether (sulfide) groups is 3. The van der Waals surface area contributed by atoms with Crippen LogP contribution >= 0.6 is 72.3 Å². The minimum Gasteiger partial charge on any atom is -0.497 e. The van der Waals surface area contributed by atoms with E-state index in [9.17, 15) is 24.0 Å². The van der Waals surface area contributed by atoms with E-state index in [1.54, 1.807) is 101 Å². The van der Waals surface area contributed by atoms with Crippen LogP contribution in [0.3, 0.4) is 0 Å². The van der Waals surface area contributed by atoms with Gasteiger partial charge in [0.2, 0.25) is 17.7 Å². The molecule has 3 aliphatic heterocycles. The van der Waals surface area contributed by atoms with E-state index in [0.717, 1.165) is 54.3 Å². The topological polar surface area (TPSA) is 254 Å². The van der Waals surface area contributed by atoms with Gasteiger partial charge >= 0.3 is 5.97 Å². The van der Waals surface area contributed by atoms with Crippen molar-refractivity contribution in [2.45, 2.75) is 56.6 Å². The summed E-state index contributed by atoms with van der Waals surface area (Å²) in [5.74, 6) is 1.01. The second kappa shape index (κ2) is 32.2. The van der Waals surface area contributed by atoms with E-state index in [1.807, 2.05) is 91.0 Å². The van der Waals surface area contributed by atoms with Gasteiger partial charge in [0.15, 0.2) is 0 Å². The number of hydroxylamine groups is 1. The Bertz CT molecular complexity index is 3280. The Hall–Kier alpha value is -7.38. The zero-order valence-corrected chi connectivity index (χ0v) is 49.1. The largest absolute Gasteiger partial charge is 0.497 e. The van der Waals surface area contributed by atoms with Crippen molar-refractivity contribution in [3.8, 4) is 17.2 Å².